The van der Waals surface area contributed by atoms with Crippen molar-refractivity contribution in [1.82, 2.24) is 5.32 Å². The van der Waals surface area contributed by atoms with Crippen molar-refractivity contribution >= 4 is 11.7 Å². The number of nitrogens with one attached hydrogen (secondary N) is 1. The molecule has 3 unspecified atom stereocenters. The van der Waals surface area contributed by atoms with Crippen molar-refractivity contribution in [2.75, 3.05) is 6.61 Å². The third kappa shape index (κ3) is 4.09. The van der Waals surface area contributed by atoms with Crippen LogP contribution in [0.3, 0.4) is 0 Å². The summed E-state index contributed by atoms with van der Waals surface area (Å²) in [4.78, 5) is 23.6. The maximum atomic E-state index is 12.1. The first-order chi connectivity index (χ1) is 10.5. The SMILES string of the molecule is CC(=O)c1ccccc1OCC(=O)NC1CCCC(C)C1C. The minimum atomic E-state index is -0.121. The van der Waals surface area contributed by atoms with Crippen molar-refractivity contribution in [3.63, 3.8) is 0 Å². The maximum absolute atomic E-state index is 12.1. The minimum Gasteiger partial charge on any atom is -0.483 e. The van der Waals surface area contributed by atoms with Gasteiger partial charge in [-0.25, -0.2) is 0 Å². The van der Waals surface area contributed by atoms with E-state index < -0.39 is 0 Å². The Morgan fingerprint density at radius 2 is 1.95 bits per heavy atom. The van der Waals surface area contributed by atoms with Gasteiger partial charge < -0.3 is 10.1 Å². The van der Waals surface area contributed by atoms with Gasteiger partial charge in [0.15, 0.2) is 12.4 Å². The van der Waals surface area contributed by atoms with E-state index in [0.29, 0.717) is 23.1 Å². The lowest BCUT2D eigenvalue weighted by molar-refractivity contribution is -0.124. The Bertz CT molecular complexity index is 541. The van der Waals surface area contributed by atoms with Gasteiger partial charge in [0.1, 0.15) is 5.75 Å². The number of hydrogen-bond donors (Lipinski definition) is 1. The number of carbonyl (C=O) groups is 2. The molecular weight excluding hydrogens is 278 g/mol. The summed E-state index contributed by atoms with van der Waals surface area (Å²) in [6.45, 7) is 5.87. The lowest BCUT2D eigenvalue weighted by Crippen LogP contribution is -2.45. The zero-order chi connectivity index (χ0) is 16.1. The molecule has 0 radical (unpaired) electrons. The molecule has 1 N–H and O–H groups in total. The van der Waals surface area contributed by atoms with E-state index in [0.717, 1.165) is 12.8 Å². The van der Waals surface area contributed by atoms with Crippen molar-refractivity contribution in [3.05, 3.63) is 29.8 Å². The molecule has 1 aromatic carbocycles. The largest absolute Gasteiger partial charge is 0.483 e. The van der Waals surface area contributed by atoms with Crippen LogP contribution >= 0.6 is 0 Å². The van der Waals surface area contributed by atoms with Gasteiger partial charge in [0.05, 0.1) is 5.56 Å². The van der Waals surface area contributed by atoms with Gasteiger partial charge in [-0.1, -0.05) is 38.8 Å². The summed E-state index contributed by atoms with van der Waals surface area (Å²) in [5, 5.41) is 3.07. The molecule has 1 aliphatic carbocycles. The highest BCUT2D eigenvalue weighted by atomic mass is 16.5. The fourth-order valence-electron chi connectivity index (χ4n) is 3.06. The van der Waals surface area contributed by atoms with E-state index in [1.165, 1.54) is 13.3 Å². The Hall–Kier alpha value is -1.84. The number of para-hydroxylation sites is 1. The van der Waals surface area contributed by atoms with Crippen LogP contribution < -0.4 is 10.1 Å². The number of carbonyl (C=O) groups excluding carboxylic acids is 2. The topological polar surface area (TPSA) is 55.4 Å². The molecule has 4 heteroatoms. The second-order valence-electron chi connectivity index (χ2n) is 6.28. The predicted octanol–water partition coefficient (Wildman–Crippen LogP) is 3.21. The Morgan fingerprint density at radius 3 is 2.68 bits per heavy atom. The summed E-state index contributed by atoms with van der Waals surface area (Å²) in [6.07, 6.45) is 3.42. The molecule has 120 valence electrons. The van der Waals surface area contributed by atoms with E-state index in [1.807, 2.05) is 0 Å². The summed E-state index contributed by atoms with van der Waals surface area (Å²) in [5.74, 6) is 1.41. The highest BCUT2D eigenvalue weighted by Crippen LogP contribution is 2.29. The van der Waals surface area contributed by atoms with Crippen molar-refractivity contribution in [2.24, 2.45) is 11.8 Å². The highest BCUT2D eigenvalue weighted by Gasteiger charge is 2.28. The normalized spacial score (nSPS) is 24.6. The highest BCUT2D eigenvalue weighted by molar-refractivity contribution is 5.96. The first-order valence-corrected chi connectivity index (χ1v) is 8.01. The van der Waals surface area contributed by atoms with Crippen LogP contribution in [0.25, 0.3) is 0 Å². The van der Waals surface area contributed by atoms with Gasteiger partial charge in [0.25, 0.3) is 5.91 Å². The Balaban J connectivity index is 1.89. The van der Waals surface area contributed by atoms with Gasteiger partial charge in [0, 0.05) is 6.04 Å². The summed E-state index contributed by atoms with van der Waals surface area (Å²) in [6, 6.07) is 7.23. The quantitative estimate of drug-likeness (QED) is 0.850. The monoisotopic (exact) mass is 303 g/mol. The molecular formula is C18H25NO3. The number of amides is 1. The lowest BCUT2D eigenvalue weighted by atomic mass is 9.78. The van der Waals surface area contributed by atoms with Crippen molar-refractivity contribution in [2.45, 2.75) is 46.1 Å². The standard InChI is InChI=1S/C18H25NO3/c1-12-7-6-9-16(13(12)2)19-18(21)11-22-17-10-5-4-8-15(17)14(3)20/h4-5,8,10,12-13,16H,6-7,9,11H2,1-3H3,(H,19,21). The fraction of sp³-hybridized carbons (Fsp3) is 0.556. The first kappa shape index (κ1) is 16.5. The van der Waals surface area contributed by atoms with E-state index in [2.05, 4.69) is 19.2 Å². The lowest BCUT2D eigenvalue weighted by Gasteiger charge is -2.34. The van der Waals surface area contributed by atoms with Crippen molar-refractivity contribution in [1.29, 1.82) is 0 Å². The second-order valence-corrected chi connectivity index (χ2v) is 6.28. The molecule has 0 aromatic heterocycles. The molecule has 1 aromatic rings. The zero-order valence-corrected chi connectivity index (χ0v) is 13.6. The molecule has 1 amide bonds. The Morgan fingerprint density at radius 1 is 1.23 bits per heavy atom. The molecule has 1 aliphatic rings. The Kier molecular flexibility index (Phi) is 5.58. The van der Waals surface area contributed by atoms with E-state index in [4.69, 9.17) is 4.74 Å². The molecule has 0 heterocycles. The van der Waals surface area contributed by atoms with E-state index >= 15 is 0 Å². The average molecular weight is 303 g/mol. The number of hydrogen-bond acceptors (Lipinski definition) is 3. The molecule has 1 fully saturated rings. The van der Waals surface area contributed by atoms with Crippen LogP contribution in [-0.4, -0.2) is 24.3 Å². The van der Waals surface area contributed by atoms with Gasteiger partial charge in [-0.15, -0.1) is 0 Å². The third-order valence-corrected chi connectivity index (χ3v) is 4.68. The maximum Gasteiger partial charge on any atom is 0.258 e. The number of Topliss-reactive ketones (excluding diaryl/α,β-unsaturated/α-hetero) is 1. The fourth-order valence-corrected chi connectivity index (χ4v) is 3.06. The van der Waals surface area contributed by atoms with Crippen LogP contribution in [0.1, 0.15) is 50.4 Å². The molecule has 0 saturated heterocycles. The number of benzene rings is 1. The molecule has 0 spiro atoms. The predicted molar refractivity (Wildman–Crippen MR) is 86.1 cm³/mol. The molecule has 0 aliphatic heterocycles. The van der Waals surface area contributed by atoms with Gasteiger partial charge in [0.2, 0.25) is 0 Å². The number of ether oxygens (including phenoxy) is 1. The number of ketones is 1. The van der Waals surface area contributed by atoms with E-state index in [1.54, 1.807) is 24.3 Å². The smallest absolute Gasteiger partial charge is 0.258 e. The van der Waals surface area contributed by atoms with Gasteiger partial charge in [-0.05, 0) is 37.3 Å². The number of rotatable bonds is 5. The van der Waals surface area contributed by atoms with Crippen LogP contribution in [0, 0.1) is 11.8 Å². The molecule has 1 saturated carbocycles. The molecule has 22 heavy (non-hydrogen) atoms. The average Bonchev–Trinajstić information content (AvgIpc) is 2.50. The van der Waals surface area contributed by atoms with Crippen LogP contribution in [-0.2, 0) is 4.79 Å². The third-order valence-electron chi connectivity index (χ3n) is 4.68. The molecule has 4 nitrogen and oxygen atoms in total. The minimum absolute atomic E-state index is 0.0537. The van der Waals surface area contributed by atoms with E-state index in [-0.39, 0.29) is 24.3 Å². The molecule has 3 atom stereocenters. The van der Waals surface area contributed by atoms with Gasteiger partial charge >= 0.3 is 0 Å². The van der Waals surface area contributed by atoms with Crippen LogP contribution in [0.4, 0.5) is 0 Å². The molecule has 0 bridgehead atoms. The van der Waals surface area contributed by atoms with Crippen LogP contribution in [0.2, 0.25) is 0 Å². The summed E-state index contributed by atoms with van der Waals surface area (Å²) < 4.78 is 5.53. The zero-order valence-electron chi connectivity index (χ0n) is 13.6. The summed E-state index contributed by atoms with van der Waals surface area (Å²) in [5.41, 5.74) is 0.509. The molecule has 2 rings (SSSR count). The van der Waals surface area contributed by atoms with Crippen molar-refractivity contribution in [3.8, 4) is 5.75 Å². The van der Waals surface area contributed by atoms with E-state index in [9.17, 15) is 9.59 Å². The van der Waals surface area contributed by atoms with Crippen LogP contribution in [0.5, 0.6) is 5.75 Å². The Labute approximate surface area is 132 Å². The summed E-state index contributed by atoms with van der Waals surface area (Å²) >= 11 is 0. The van der Waals surface area contributed by atoms with Crippen molar-refractivity contribution < 1.29 is 14.3 Å². The van der Waals surface area contributed by atoms with Gasteiger partial charge in [-0.3, -0.25) is 9.59 Å². The first-order valence-electron chi connectivity index (χ1n) is 8.01. The van der Waals surface area contributed by atoms with Gasteiger partial charge in [-0.2, -0.15) is 0 Å². The summed E-state index contributed by atoms with van der Waals surface area (Å²) in [7, 11) is 0. The van der Waals surface area contributed by atoms with Crippen LogP contribution in [0.15, 0.2) is 24.3 Å². The second kappa shape index (κ2) is 7.43.